The first kappa shape index (κ1) is 10.00. The normalized spacial score (nSPS) is 19.4. The quantitative estimate of drug-likeness (QED) is 0.814. The van der Waals surface area contributed by atoms with Gasteiger partial charge < -0.3 is 5.32 Å². The van der Waals surface area contributed by atoms with Crippen LogP contribution in [0.25, 0.3) is 0 Å². The maximum absolute atomic E-state index is 4.62. The summed E-state index contributed by atoms with van der Waals surface area (Å²) in [5.41, 5.74) is 3.63. The molecule has 3 rings (SSSR count). The van der Waals surface area contributed by atoms with Crippen molar-refractivity contribution in [1.29, 1.82) is 0 Å². The number of fused-ring (bicyclic) bond motifs is 1. The molecule has 2 aromatic heterocycles. The number of nitrogens with one attached hydrogen (secondary N) is 1. The average Bonchev–Trinajstić information content (AvgIpc) is 2.76. The van der Waals surface area contributed by atoms with E-state index in [2.05, 4.69) is 33.9 Å². The van der Waals surface area contributed by atoms with Crippen molar-refractivity contribution in [2.75, 3.05) is 6.54 Å². The number of pyridine rings is 1. The lowest BCUT2D eigenvalue weighted by atomic mass is 9.99. The molecule has 0 saturated heterocycles. The largest absolute Gasteiger partial charge is 0.305 e. The number of hydrogen-bond donors (Lipinski definition) is 1. The Morgan fingerprint density at radius 2 is 2.31 bits per heavy atom. The van der Waals surface area contributed by atoms with Crippen LogP contribution in [0, 0.1) is 6.92 Å². The Kier molecular flexibility index (Phi) is 2.50. The summed E-state index contributed by atoms with van der Waals surface area (Å²) in [7, 11) is 0. The predicted octanol–water partition coefficient (Wildman–Crippen LogP) is 2.69. The first-order valence-corrected chi connectivity index (χ1v) is 6.46. The molecule has 0 aliphatic carbocycles. The first-order valence-electron chi connectivity index (χ1n) is 5.58. The van der Waals surface area contributed by atoms with Crippen LogP contribution in [0.4, 0.5) is 0 Å². The van der Waals surface area contributed by atoms with Gasteiger partial charge >= 0.3 is 0 Å². The maximum Gasteiger partial charge on any atom is 0.0762 e. The molecule has 0 radical (unpaired) electrons. The maximum atomic E-state index is 4.62. The second kappa shape index (κ2) is 4.00. The summed E-state index contributed by atoms with van der Waals surface area (Å²) in [5.74, 6) is 0. The third-order valence-electron chi connectivity index (χ3n) is 3.00. The molecule has 16 heavy (non-hydrogen) atoms. The average molecular weight is 230 g/mol. The van der Waals surface area contributed by atoms with Crippen molar-refractivity contribution in [2.45, 2.75) is 19.4 Å². The molecule has 0 saturated carbocycles. The lowest BCUT2D eigenvalue weighted by Crippen LogP contribution is -2.30. The summed E-state index contributed by atoms with van der Waals surface area (Å²) in [6.07, 6.45) is 1.15. The molecular formula is C13H14N2S. The van der Waals surface area contributed by atoms with Gasteiger partial charge in [-0.3, -0.25) is 4.98 Å². The van der Waals surface area contributed by atoms with Gasteiger partial charge in [-0.25, -0.2) is 0 Å². The van der Waals surface area contributed by atoms with Crippen LogP contribution in [0.1, 0.15) is 27.9 Å². The van der Waals surface area contributed by atoms with E-state index in [0.29, 0.717) is 0 Å². The Balaban J connectivity index is 2.04. The van der Waals surface area contributed by atoms with Gasteiger partial charge in [0.1, 0.15) is 0 Å². The smallest absolute Gasteiger partial charge is 0.0762 e. The van der Waals surface area contributed by atoms with Gasteiger partial charge in [0.05, 0.1) is 11.7 Å². The Bertz CT molecular complexity index is 504. The third-order valence-corrected chi connectivity index (χ3v) is 3.99. The fraction of sp³-hybridized carbons (Fsp3) is 0.308. The Morgan fingerprint density at radius 3 is 3.19 bits per heavy atom. The summed E-state index contributed by atoms with van der Waals surface area (Å²) in [6, 6.07) is 8.74. The van der Waals surface area contributed by atoms with Gasteiger partial charge in [0.15, 0.2) is 0 Å². The number of aryl methyl sites for hydroxylation is 1. The van der Waals surface area contributed by atoms with Crippen molar-refractivity contribution in [1.82, 2.24) is 10.3 Å². The monoisotopic (exact) mass is 230 g/mol. The van der Waals surface area contributed by atoms with Gasteiger partial charge in [0, 0.05) is 17.1 Å². The lowest BCUT2D eigenvalue weighted by molar-refractivity contribution is 0.562. The molecule has 0 fully saturated rings. The second-order valence-corrected chi connectivity index (χ2v) is 5.14. The zero-order valence-corrected chi connectivity index (χ0v) is 10.1. The van der Waals surface area contributed by atoms with Gasteiger partial charge in [-0.1, -0.05) is 6.07 Å². The molecule has 3 heterocycles. The highest BCUT2D eigenvalue weighted by Crippen LogP contribution is 2.31. The van der Waals surface area contributed by atoms with Crippen molar-refractivity contribution in [3.8, 4) is 0 Å². The van der Waals surface area contributed by atoms with Crippen molar-refractivity contribution >= 4 is 11.3 Å². The molecule has 0 spiro atoms. The topological polar surface area (TPSA) is 24.9 Å². The minimum absolute atomic E-state index is 0.287. The van der Waals surface area contributed by atoms with E-state index < -0.39 is 0 Å². The van der Waals surface area contributed by atoms with Gasteiger partial charge in [0.2, 0.25) is 0 Å². The standard InChI is InChI=1S/C13H14N2S/c1-9-3-2-4-11(15-9)13-10-6-8-16-12(10)5-7-14-13/h2-4,6,8,13-14H,5,7H2,1H3. The molecule has 0 aromatic carbocycles. The Morgan fingerprint density at radius 1 is 1.38 bits per heavy atom. The number of thiophene rings is 1. The lowest BCUT2D eigenvalue weighted by Gasteiger charge is -2.24. The second-order valence-electron chi connectivity index (χ2n) is 4.14. The van der Waals surface area contributed by atoms with Crippen LogP contribution in [-0.2, 0) is 6.42 Å². The van der Waals surface area contributed by atoms with Crippen molar-refractivity contribution in [3.63, 3.8) is 0 Å². The number of hydrogen-bond acceptors (Lipinski definition) is 3. The summed E-state index contributed by atoms with van der Waals surface area (Å²) >= 11 is 1.86. The Labute approximate surface area is 99.4 Å². The predicted molar refractivity (Wildman–Crippen MR) is 66.8 cm³/mol. The van der Waals surface area contributed by atoms with Crippen LogP contribution in [0.5, 0.6) is 0 Å². The number of rotatable bonds is 1. The minimum Gasteiger partial charge on any atom is -0.305 e. The molecule has 0 bridgehead atoms. The molecule has 1 aliphatic heterocycles. The fourth-order valence-electron chi connectivity index (χ4n) is 2.24. The molecule has 82 valence electrons. The van der Waals surface area contributed by atoms with E-state index in [4.69, 9.17) is 0 Å². The van der Waals surface area contributed by atoms with E-state index in [-0.39, 0.29) is 6.04 Å². The van der Waals surface area contributed by atoms with E-state index >= 15 is 0 Å². The molecule has 1 unspecified atom stereocenters. The van der Waals surface area contributed by atoms with E-state index in [1.54, 1.807) is 0 Å². The number of aromatic nitrogens is 1. The van der Waals surface area contributed by atoms with E-state index in [1.165, 1.54) is 10.4 Å². The molecule has 0 amide bonds. The summed E-state index contributed by atoms with van der Waals surface area (Å²) in [5, 5.41) is 5.73. The van der Waals surface area contributed by atoms with Crippen molar-refractivity contribution in [3.05, 3.63) is 51.5 Å². The van der Waals surface area contributed by atoms with Crippen LogP contribution in [0.3, 0.4) is 0 Å². The van der Waals surface area contributed by atoms with Crippen molar-refractivity contribution < 1.29 is 0 Å². The van der Waals surface area contributed by atoms with Crippen LogP contribution < -0.4 is 5.32 Å². The van der Waals surface area contributed by atoms with Gasteiger partial charge in [-0.2, -0.15) is 0 Å². The molecule has 1 N–H and O–H groups in total. The molecule has 2 aromatic rings. The molecular weight excluding hydrogens is 216 g/mol. The highest BCUT2D eigenvalue weighted by Gasteiger charge is 2.22. The zero-order chi connectivity index (χ0) is 11.0. The van der Waals surface area contributed by atoms with Crippen molar-refractivity contribution in [2.24, 2.45) is 0 Å². The first-order chi connectivity index (χ1) is 7.84. The molecule has 2 nitrogen and oxygen atoms in total. The van der Waals surface area contributed by atoms with Crippen LogP contribution in [-0.4, -0.2) is 11.5 Å². The highest BCUT2D eigenvalue weighted by atomic mass is 32.1. The Hall–Kier alpha value is -1.19. The van der Waals surface area contributed by atoms with Gasteiger partial charge in [-0.15, -0.1) is 11.3 Å². The van der Waals surface area contributed by atoms with E-state index in [1.807, 2.05) is 24.3 Å². The molecule has 1 atom stereocenters. The molecule has 1 aliphatic rings. The summed E-state index contributed by atoms with van der Waals surface area (Å²) < 4.78 is 0. The van der Waals surface area contributed by atoms with Crippen LogP contribution >= 0.6 is 11.3 Å². The zero-order valence-electron chi connectivity index (χ0n) is 9.23. The summed E-state index contributed by atoms with van der Waals surface area (Å²) in [4.78, 5) is 6.12. The molecule has 3 heteroatoms. The SMILES string of the molecule is Cc1cccc(C2NCCc3sccc32)n1. The summed E-state index contributed by atoms with van der Waals surface area (Å²) in [6.45, 7) is 3.09. The van der Waals surface area contributed by atoms with E-state index in [9.17, 15) is 0 Å². The van der Waals surface area contributed by atoms with Crippen LogP contribution in [0.2, 0.25) is 0 Å². The van der Waals surface area contributed by atoms with E-state index in [0.717, 1.165) is 24.4 Å². The minimum atomic E-state index is 0.287. The van der Waals surface area contributed by atoms with Crippen LogP contribution in [0.15, 0.2) is 29.6 Å². The van der Waals surface area contributed by atoms with Gasteiger partial charge in [0.25, 0.3) is 0 Å². The van der Waals surface area contributed by atoms with Gasteiger partial charge in [-0.05, 0) is 42.5 Å². The fourth-order valence-corrected chi connectivity index (χ4v) is 3.16. The number of nitrogens with zero attached hydrogens (tertiary/aromatic N) is 1. The third kappa shape index (κ3) is 1.66. The highest BCUT2D eigenvalue weighted by molar-refractivity contribution is 7.10.